The predicted molar refractivity (Wildman–Crippen MR) is 82.6 cm³/mol. The molecule has 0 aliphatic heterocycles. The Morgan fingerprint density at radius 1 is 1.05 bits per heavy atom. The van der Waals surface area contributed by atoms with Gasteiger partial charge in [0.15, 0.2) is 0 Å². The van der Waals surface area contributed by atoms with Gasteiger partial charge in [-0.05, 0) is 23.8 Å². The third kappa shape index (κ3) is 2.53. The van der Waals surface area contributed by atoms with Gasteiger partial charge in [0.1, 0.15) is 0 Å². The van der Waals surface area contributed by atoms with Crippen LogP contribution in [0, 0.1) is 0 Å². The van der Waals surface area contributed by atoms with Gasteiger partial charge < -0.3 is 5.11 Å². The number of hydrogen-bond donors (Lipinski definition) is 1. The summed E-state index contributed by atoms with van der Waals surface area (Å²) in [5.41, 5.74) is 3.90. The van der Waals surface area contributed by atoms with Crippen LogP contribution < -0.4 is 0 Å². The number of benzene rings is 2. The highest BCUT2D eigenvalue weighted by Gasteiger charge is 2.07. The highest BCUT2D eigenvalue weighted by atomic mass is 79.9. The highest BCUT2D eigenvalue weighted by Crippen LogP contribution is 2.23. The van der Waals surface area contributed by atoms with Gasteiger partial charge in [0.2, 0.25) is 0 Å². The Kier molecular flexibility index (Phi) is 3.67. The van der Waals surface area contributed by atoms with Crippen LogP contribution in [-0.4, -0.2) is 14.9 Å². The zero-order chi connectivity index (χ0) is 13.9. The van der Waals surface area contributed by atoms with Crippen LogP contribution in [0.5, 0.6) is 0 Å². The van der Waals surface area contributed by atoms with Crippen molar-refractivity contribution >= 4 is 15.9 Å². The van der Waals surface area contributed by atoms with Crippen molar-refractivity contribution in [1.82, 2.24) is 9.78 Å². The summed E-state index contributed by atoms with van der Waals surface area (Å²) in [7, 11) is 0. The maximum absolute atomic E-state index is 9.47. The topological polar surface area (TPSA) is 38.0 Å². The van der Waals surface area contributed by atoms with Crippen LogP contribution in [0.25, 0.3) is 16.8 Å². The van der Waals surface area contributed by atoms with Gasteiger partial charge >= 0.3 is 0 Å². The Labute approximate surface area is 125 Å². The third-order valence-corrected chi connectivity index (χ3v) is 3.64. The first-order valence-electron chi connectivity index (χ1n) is 6.27. The molecule has 0 radical (unpaired) electrons. The zero-order valence-corrected chi connectivity index (χ0v) is 12.3. The summed E-state index contributed by atoms with van der Waals surface area (Å²) in [6.45, 7) is -0.0185. The van der Waals surface area contributed by atoms with Crippen molar-refractivity contribution in [2.45, 2.75) is 6.61 Å². The van der Waals surface area contributed by atoms with E-state index < -0.39 is 0 Å². The molecule has 1 heterocycles. The number of nitrogens with zero attached hydrogens (tertiary/aromatic N) is 2. The number of rotatable bonds is 3. The molecule has 0 fully saturated rings. The molecule has 0 saturated heterocycles. The maximum Gasteiger partial charge on any atom is 0.0703 e. The number of aromatic nitrogens is 2. The van der Waals surface area contributed by atoms with Gasteiger partial charge in [-0.15, -0.1) is 0 Å². The minimum Gasteiger partial charge on any atom is -0.392 e. The van der Waals surface area contributed by atoms with Crippen LogP contribution in [0.1, 0.15) is 5.56 Å². The second-order valence-corrected chi connectivity index (χ2v) is 5.39. The summed E-state index contributed by atoms with van der Waals surface area (Å²) in [6.07, 6.45) is 3.80. The number of aliphatic hydroxyl groups is 1. The van der Waals surface area contributed by atoms with E-state index in [4.69, 9.17) is 0 Å². The van der Waals surface area contributed by atoms with Crippen LogP contribution in [0.3, 0.4) is 0 Å². The fourth-order valence-corrected chi connectivity index (χ4v) is 2.55. The van der Waals surface area contributed by atoms with Crippen molar-refractivity contribution in [3.63, 3.8) is 0 Å². The molecule has 0 unspecified atom stereocenters. The van der Waals surface area contributed by atoms with Crippen molar-refractivity contribution in [2.75, 3.05) is 0 Å². The molecule has 100 valence electrons. The van der Waals surface area contributed by atoms with Gasteiger partial charge in [0.05, 0.1) is 18.5 Å². The number of aliphatic hydroxyl groups excluding tert-OH is 1. The Balaban J connectivity index is 2.02. The van der Waals surface area contributed by atoms with Gasteiger partial charge in [-0.2, -0.15) is 5.10 Å². The van der Waals surface area contributed by atoms with Gasteiger partial charge in [-0.1, -0.05) is 46.3 Å². The SMILES string of the molecule is OCc1cc(Br)ccc1-n1cc(-c2ccccc2)cn1. The fraction of sp³-hybridized carbons (Fsp3) is 0.0625. The molecule has 3 aromatic rings. The highest BCUT2D eigenvalue weighted by molar-refractivity contribution is 9.10. The molecule has 0 spiro atoms. The van der Waals surface area contributed by atoms with Crippen LogP contribution in [0.15, 0.2) is 65.4 Å². The van der Waals surface area contributed by atoms with E-state index in [9.17, 15) is 5.11 Å². The standard InChI is InChI=1S/C16H13BrN2O/c17-15-6-7-16(13(8-15)11-20)19-10-14(9-18-19)12-4-2-1-3-5-12/h1-10,20H,11H2. The normalized spacial score (nSPS) is 10.7. The first kappa shape index (κ1) is 13.1. The minimum atomic E-state index is -0.0185. The fourth-order valence-electron chi connectivity index (χ4n) is 2.14. The summed E-state index contributed by atoms with van der Waals surface area (Å²) in [4.78, 5) is 0. The molecule has 0 bridgehead atoms. The summed E-state index contributed by atoms with van der Waals surface area (Å²) in [5, 5.41) is 13.9. The zero-order valence-electron chi connectivity index (χ0n) is 10.7. The molecule has 4 heteroatoms. The minimum absolute atomic E-state index is 0.0185. The Morgan fingerprint density at radius 2 is 1.85 bits per heavy atom. The molecule has 0 amide bonds. The quantitative estimate of drug-likeness (QED) is 0.794. The van der Waals surface area contributed by atoms with E-state index in [1.54, 1.807) is 4.68 Å². The predicted octanol–water partition coefficient (Wildman–Crippen LogP) is 3.79. The lowest BCUT2D eigenvalue weighted by Crippen LogP contribution is -2.00. The molecule has 0 atom stereocenters. The Morgan fingerprint density at radius 3 is 2.60 bits per heavy atom. The molecule has 20 heavy (non-hydrogen) atoms. The largest absolute Gasteiger partial charge is 0.392 e. The average molecular weight is 329 g/mol. The molecule has 0 aliphatic carbocycles. The molecular weight excluding hydrogens is 316 g/mol. The van der Waals surface area contributed by atoms with Gasteiger partial charge in [-0.25, -0.2) is 4.68 Å². The molecule has 2 aromatic carbocycles. The Hall–Kier alpha value is -1.91. The molecule has 3 nitrogen and oxygen atoms in total. The van der Waals surface area contributed by atoms with E-state index in [1.807, 2.05) is 48.8 Å². The first-order valence-corrected chi connectivity index (χ1v) is 7.07. The van der Waals surface area contributed by atoms with E-state index in [1.165, 1.54) is 0 Å². The first-order chi connectivity index (χ1) is 9.78. The molecule has 1 N–H and O–H groups in total. The van der Waals surface area contributed by atoms with Crippen molar-refractivity contribution < 1.29 is 5.11 Å². The smallest absolute Gasteiger partial charge is 0.0703 e. The lowest BCUT2D eigenvalue weighted by molar-refractivity contribution is 0.281. The average Bonchev–Trinajstić information content (AvgIpc) is 2.97. The third-order valence-electron chi connectivity index (χ3n) is 3.15. The number of halogens is 1. The van der Waals surface area contributed by atoms with E-state index in [0.29, 0.717) is 0 Å². The summed E-state index contributed by atoms with van der Waals surface area (Å²) in [5.74, 6) is 0. The lowest BCUT2D eigenvalue weighted by atomic mass is 10.1. The van der Waals surface area contributed by atoms with E-state index >= 15 is 0 Å². The summed E-state index contributed by atoms with van der Waals surface area (Å²) >= 11 is 3.41. The van der Waals surface area contributed by atoms with Crippen LogP contribution in [0.4, 0.5) is 0 Å². The van der Waals surface area contributed by atoms with Crippen LogP contribution >= 0.6 is 15.9 Å². The second-order valence-electron chi connectivity index (χ2n) is 4.47. The summed E-state index contributed by atoms with van der Waals surface area (Å²) < 4.78 is 2.74. The van der Waals surface area contributed by atoms with Gasteiger partial charge in [-0.3, -0.25) is 0 Å². The van der Waals surface area contributed by atoms with Crippen molar-refractivity contribution in [3.05, 3.63) is 71.0 Å². The van der Waals surface area contributed by atoms with Crippen molar-refractivity contribution in [2.24, 2.45) is 0 Å². The Bertz CT molecular complexity index is 722. The molecule has 1 aromatic heterocycles. The van der Waals surface area contributed by atoms with Crippen LogP contribution in [-0.2, 0) is 6.61 Å². The molecule has 3 rings (SSSR count). The maximum atomic E-state index is 9.47. The lowest BCUT2D eigenvalue weighted by Gasteiger charge is -2.07. The number of hydrogen-bond acceptors (Lipinski definition) is 2. The van der Waals surface area contributed by atoms with Gasteiger partial charge in [0, 0.05) is 21.8 Å². The summed E-state index contributed by atoms with van der Waals surface area (Å²) in [6, 6.07) is 15.9. The van der Waals surface area contributed by atoms with Crippen LogP contribution in [0.2, 0.25) is 0 Å². The van der Waals surface area contributed by atoms with E-state index in [0.717, 1.165) is 26.9 Å². The van der Waals surface area contributed by atoms with Crippen molar-refractivity contribution in [3.8, 4) is 16.8 Å². The van der Waals surface area contributed by atoms with E-state index in [2.05, 4.69) is 33.2 Å². The second kappa shape index (κ2) is 5.61. The van der Waals surface area contributed by atoms with Gasteiger partial charge in [0.25, 0.3) is 0 Å². The van der Waals surface area contributed by atoms with E-state index in [-0.39, 0.29) is 6.61 Å². The molecule has 0 saturated carbocycles. The molecule has 0 aliphatic rings. The molecular formula is C16H13BrN2O. The van der Waals surface area contributed by atoms with Crippen molar-refractivity contribution in [1.29, 1.82) is 0 Å². The monoisotopic (exact) mass is 328 g/mol.